The molecule has 0 aromatic heterocycles. The molecule has 0 radical (unpaired) electrons. The fourth-order valence-corrected chi connectivity index (χ4v) is 4.12. The third-order valence-electron chi connectivity index (χ3n) is 5.62. The Morgan fingerprint density at radius 1 is 1.14 bits per heavy atom. The molecule has 0 aliphatic carbocycles. The highest BCUT2D eigenvalue weighted by Gasteiger charge is 2.39. The van der Waals surface area contributed by atoms with Crippen molar-refractivity contribution in [3.05, 3.63) is 12.1 Å². The van der Waals surface area contributed by atoms with Gasteiger partial charge in [-0.2, -0.15) is 0 Å². The number of anilines is 1. The molecule has 2 aliphatic rings. The molecular formula is C20H29N3O5. The van der Waals surface area contributed by atoms with Crippen molar-refractivity contribution < 1.29 is 23.8 Å². The predicted molar refractivity (Wildman–Crippen MR) is 105 cm³/mol. The lowest BCUT2D eigenvalue weighted by atomic mass is 9.98. The zero-order valence-electron chi connectivity index (χ0n) is 16.8. The maximum Gasteiger partial charge on any atom is 0.228 e. The van der Waals surface area contributed by atoms with Gasteiger partial charge in [-0.05, 0) is 19.3 Å². The van der Waals surface area contributed by atoms with E-state index < -0.39 is 0 Å². The summed E-state index contributed by atoms with van der Waals surface area (Å²) in [6, 6.07) is 3.54. The van der Waals surface area contributed by atoms with E-state index in [2.05, 4.69) is 0 Å². The number of nitrogens with zero attached hydrogens (tertiary/aromatic N) is 2. The number of hydrogen-bond donors (Lipinski definition) is 1. The number of carbonyl (C=O) groups is 2. The molecule has 8 nitrogen and oxygen atoms in total. The highest BCUT2D eigenvalue weighted by Crippen LogP contribution is 2.42. The van der Waals surface area contributed by atoms with Gasteiger partial charge in [0.15, 0.2) is 11.5 Å². The van der Waals surface area contributed by atoms with Gasteiger partial charge in [0.2, 0.25) is 17.6 Å². The molecule has 154 valence electrons. The third kappa shape index (κ3) is 3.73. The first kappa shape index (κ1) is 20.3. The van der Waals surface area contributed by atoms with Gasteiger partial charge in [-0.25, -0.2) is 0 Å². The summed E-state index contributed by atoms with van der Waals surface area (Å²) in [5.41, 5.74) is 6.48. The number of methoxy groups -OCH3 is 3. The van der Waals surface area contributed by atoms with Crippen molar-refractivity contribution in [1.82, 2.24) is 4.90 Å². The minimum Gasteiger partial charge on any atom is -0.493 e. The molecular weight excluding hydrogens is 362 g/mol. The molecule has 0 saturated carbocycles. The maximum absolute atomic E-state index is 13.1. The van der Waals surface area contributed by atoms with Crippen LogP contribution in [-0.2, 0) is 9.59 Å². The monoisotopic (exact) mass is 391 g/mol. The topological polar surface area (TPSA) is 94.3 Å². The predicted octanol–water partition coefficient (Wildman–Crippen LogP) is 1.41. The second kappa shape index (κ2) is 8.68. The number of nitrogens with two attached hydrogens (primary N) is 1. The summed E-state index contributed by atoms with van der Waals surface area (Å²) in [6.07, 6.45) is 3.20. The Balaban J connectivity index is 1.82. The molecule has 2 N–H and O–H groups in total. The fraction of sp³-hybridized carbons (Fsp3) is 0.600. The SMILES string of the molecule is COc1cc(N2CC(C(=O)N3CCCCC3CN)CC2=O)cc(OC)c1OC. The van der Waals surface area contributed by atoms with E-state index in [0.717, 1.165) is 25.8 Å². The Bertz CT molecular complexity index is 714. The van der Waals surface area contributed by atoms with Crippen LogP contribution < -0.4 is 24.8 Å². The van der Waals surface area contributed by atoms with E-state index in [1.807, 2.05) is 4.90 Å². The third-order valence-corrected chi connectivity index (χ3v) is 5.62. The first-order chi connectivity index (χ1) is 13.5. The van der Waals surface area contributed by atoms with Crippen molar-refractivity contribution >= 4 is 17.5 Å². The number of likely N-dealkylation sites (tertiary alicyclic amines) is 1. The lowest BCUT2D eigenvalue weighted by Crippen LogP contribution is -2.50. The summed E-state index contributed by atoms with van der Waals surface area (Å²) in [4.78, 5) is 29.3. The molecule has 2 heterocycles. The molecule has 0 spiro atoms. The van der Waals surface area contributed by atoms with Crippen molar-refractivity contribution in [2.45, 2.75) is 31.7 Å². The zero-order valence-corrected chi connectivity index (χ0v) is 16.8. The summed E-state index contributed by atoms with van der Waals surface area (Å²) in [6.45, 7) is 1.52. The largest absolute Gasteiger partial charge is 0.493 e. The minimum atomic E-state index is -0.362. The summed E-state index contributed by atoms with van der Waals surface area (Å²) in [5.74, 6) is 0.982. The summed E-state index contributed by atoms with van der Waals surface area (Å²) < 4.78 is 16.1. The average Bonchev–Trinajstić information content (AvgIpc) is 3.13. The molecule has 1 aromatic rings. The van der Waals surface area contributed by atoms with Crippen molar-refractivity contribution in [1.29, 1.82) is 0 Å². The lowest BCUT2D eigenvalue weighted by Gasteiger charge is -2.36. The van der Waals surface area contributed by atoms with E-state index in [4.69, 9.17) is 19.9 Å². The molecule has 2 aliphatic heterocycles. The maximum atomic E-state index is 13.1. The zero-order chi connectivity index (χ0) is 20.3. The molecule has 2 fully saturated rings. The van der Waals surface area contributed by atoms with Gasteiger partial charge in [0, 0.05) is 44.2 Å². The van der Waals surface area contributed by atoms with Crippen molar-refractivity contribution in [2.75, 3.05) is 45.9 Å². The van der Waals surface area contributed by atoms with Gasteiger partial charge in [-0.3, -0.25) is 9.59 Å². The molecule has 28 heavy (non-hydrogen) atoms. The fourth-order valence-electron chi connectivity index (χ4n) is 4.12. The number of piperidine rings is 1. The van der Waals surface area contributed by atoms with Gasteiger partial charge >= 0.3 is 0 Å². The van der Waals surface area contributed by atoms with E-state index in [-0.39, 0.29) is 30.2 Å². The number of hydrogen-bond acceptors (Lipinski definition) is 6. The number of ether oxygens (including phenoxy) is 3. The Morgan fingerprint density at radius 3 is 2.39 bits per heavy atom. The van der Waals surface area contributed by atoms with Crippen LogP contribution in [0.1, 0.15) is 25.7 Å². The average molecular weight is 391 g/mol. The molecule has 2 unspecified atom stereocenters. The molecule has 3 rings (SSSR count). The van der Waals surface area contributed by atoms with Crippen LogP contribution in [-0.4, -0.2) is 63.7 Å². The normalized spacial score (nSPS) is 22.4. The number of rotatable bonds is 6. The molecule has 2 saturated heterocycles. The standard InChI is InChI=1S/C20H29N3O5/c1-26-16-9-15(10-17(27-2)19(16)28-3)23-12-13(8-18(23)24)20(25)22-7-5-4-6-14(22)11-21/h9-10,13-14H,4-8,11-12,21H2,1-3H3. The highest BCUT2D eigenvalue weighted by molar-refractivity contribution is 6.00. The van der Waals surface area contributed by atoms with Crippen LogP contribution in [0.2, 0.25) is 0 Å². The Labute approximate surface area is 165 Å². The lowest BCUT2D eigenvalue weighted by molar-refractivity contribution is -0.139. The molecule has 1 aromatic carbocycles. The number of carbonyl (C=O) groups excluding carboxylic acids is 2. The van der Waals surface area contributed by atoms with Crippen LogP contribution in [0.25, 0.3) is 0 Å². The van der Waals surface area contributed by atoms with Gasteiger partial charge < -0.3 is 29.7 Å². The molecule has 8 heteroatoms. The van der Waals surface area contributed by atoms with Crippen molar-refractivity contribution in [3.8, 4) is 17.2 Å². The summed E-state index contributed by atoms with van der Waals surface area (Å²) >= 11 is 0. The van der Waals surface area contributed by atoms with E-state index >= 15 is 0 Å². The Hall–Kier alpha value is -2.48. The molecule has 0 bridgehead atoms. The van der Waals surface area contributed by atoms with Crippen LogP contribution in [0, 0.1) is 5.92 Å². The Kier molecular flexibility index (Phi) is 6.28. The van der Waals surface area contributed by atoms with Gasteiger partial charge in [0.25, 0.3) is 0 Å². The number of amides is 2. The van der Waals surface area contributed by atoms with Gasteiger partial charge in [-0.1, -0.05) is 0 Å². The van der Waals surface area contributed by atoms with Crippen LogP contribution in [0.4, 0.5) is 5.69 Å². The number of benzene rings is 1. The van der Waals surface area contributed by atoms with Crippen LogP contribution >= 0.6 is 0 Å². The van der Waals surface area contributed by atoms with Gasteiger partial charge in [-0.15, -0.1) is 0 Å². The minimum absolute atomic E-state index is 0.0263. The quantitative estimate of drug-likeness (QED) is 0.788. The van der Waals surface area contributed by atoms with Crippen LogP contribution in [0.15, 0.2) is 12.1 Å². The first-order valence-corrected chi connectivity index (χ1v) is 9.65. The van der Waals surface area contributed by atoms with Crippen LogP contribution in [0.3, 0.4) is 0 Å². The smallest absolute Gasteiger partial charge is 0.228 e. The van der Waals surface area contributed by atoms with E-state index in [9.17, 15) is 9.59 Å². The molecule has 2 amide bonds. The Morgan fingerprint density at radius 2 is 1.82 bits per heavy atom. The van der Waals surface area contributed by atoms with Crippen molar-refractivity contribution in [3.63, 3.8) is 0 Å². The van der Waals surface area contributed by atoms with E-state index in [0.29, 0.717) is 36.0 Å². The van der Waals surface area contributed by atoms with E-state index in [1.165, 1.54) is 21.3 Å². The summed E-state index contributed by atoms with van der Waals surface area (Å²) in [7, 11) is 4.59. The highest BCUT2D eigenvalue weighted by atomic mass is 16.5. The van der Waals surface area contributed by atoms with E-state index in [1.54, 1.807) is 17.0 Å². The van der Waals surface area contributed by atoms with Gasteiger partial charge in [0.05, 0.1) is 32.9 Å². The first-order valence-electron chi connectivity index (χ1n) is 9.65. The van der Waals surface area contributed by atoms with Crippen LogP contribution in [0.5, 0.6) is 17.2 Å². The van der Waals surface area contributed by atoms with Gasteiger partial charge in [0.1, 0.15) is 0 Å². The second-order valence-corrected chi connectivity index (χ2v) is 7.21. The summed E-state index contributed by atoms with van der Waals surface area (Å²) in [5, 5.41) is 0. The molecule has 2 atom stereocenters. The van der Waals surface area contributed by atoms with Crippen molar-refractivity contribution in [2.24, 2.45) is 11.7 Å². The second-order valence-electron chi connectivity index (χ2n) is 7.21.